The lowest BCUT2D eigenvalue weighted by molar-refractivity contribution is -0.249. The molecule has 3 nitrogen and oxygen atoms in total. The summed E-state index contributed by atoms with van der Waals surface area (Å²) in [6.07, 6.45) is -5.33. The van der Waals surface area contributed by atoms with Gasteiger partial charge in [0.1, 0.15) is 0 Å². The molecular formula is C16H15F5N2O. The van der Waals surface area contributed by atoms with Crippen LogP contribution in [0.5, 0.6) is 0 Å². The highest BCUT2D eigenvalue weighted by Gasteiger charge is 2.65. The molecule has 2 aromatic carbocycles. The number of urea groups is 1. The van der Waals surface area contributed by atoms with Crippen LogP contribution in [0.1, 0.15) is 13.8 Å². The van der Waals surface area contributed by atoms with Crippen LogP contribution in [0.3, 0.4) is 0 Å². The Kier molecular flexibility index (Phi) is 4.43. The minimum atomic E-state index is -5.33. The molecule has 0 radical (unpaired) electrons. The van der Waals surface area contributed by atoms with Crippen molar-refractivity contribution in [1.82, 2.24) is 5.32 Å². The van der Waals surface area contributed by atoms with Gasteiger partial charge in [-0.2, -0.15) is 13.2 Å². The third-order valence-electron chi connectivity index (χ3n) is 3.82. The quantitative estimate of drug-likeness (QED) is 0.760. The van der Waals surface area contributed by atoms with E-state index in [-0.39, 0.29) is 19.5 Å². The number of nitrogens with one attached hydrogen (secondary N) is 2. The average molecular weight is 346 g/mol. The molecule has 0 aliphatic rings. The van der Waals surface area contributed by atoms with Crippen LogP contribution in [0.25, 0.3) is 10.8 Å². The maximum atomic E-state index is 13.4. The number of carbonyl (C=O) groups is 1. The fourth-order valence-electron chi connectivity index (χ4n) is 2.09. The molecule has 8 heteroatoms. The Bertz CT molecular complexity index is 738. The second-order valence-electron chi connectivity index (χ2n) is 5.65. The van der Waals surface area contributed by atoms with Gasteiger partial charge in [0.2, 0.25) is 0 Å². The summed E-state index contributed by atoms with van der Waals surface area (Å²) in [5, 5.41) is 5.10. The SMILES string of the molecule is CC(F)(F)C(C)(NC(=O)Nc1ccc2ccccc2c1)C(F)(F)F. The summed E-state index contributed by atoms with van der Waals surface area (Å²) in [7, 11) is 0. The molecule has 1 unspecified atom stereocenters. The van der Waals surface area contributed by atoms with E-state index in [0.717, 1.165) is 10.8 Å². The number of carbonyl (C=O) groups excluding carboxylic acids is 1. The molecule has 2 amide bonds. The maximum Gasteiger partial charge on any atom is 0.417 e. The minimum Gasteiger partial charge on any atom is -0.319 e. The first-order chi connectivity index (χ1) is 10.9. The molecule has 1 atom stereocenters. The number of alkyl halides is 5. The lowest BCUT2D eigenvalue weighted by Gasteiger charge is -2.37. The van der Waals surface area contributed by atoms with Gasteiger partial charge in [-0.1, -0.05) is 30.3 Å². The smallest absolute Gasteiger partial charge is 0.319 e. The second-order valence-corrected chi connectivity index (χ2v) is 5.65. The molecule has 0 fully saturated rings. The van der Waals surface area contributed by atoms with Gasteiger partial charge in [-0.15, -0.1) is 0 Å². The second kappa shape index (κ2) is 5.92. The Balaban J connectivity index is 2.21. The lowest BCUT2D eigenvalue weighted by Crippen LogP contribution is -2.66. The Morgan fingerprint density at radius 2 is 1.50 bits per heavy atom. The monoisotopic (exact) mass is 346 g/mol. The summed E-state index contributed by atoms with van der Waals surface area (Å²) in [6, 6.07) is 10.4. The molecule has 0 saturated heterocycles. The van der Waals surface area contributed by atoms with Crippen LogP contribution in [0, 0.1) is 0 Å². The van der Waals surface area contributed by atoms with E-state index in [2.05, 4.69) is 5.32 Å². The Morgan fingerprint density at radius 1 is 0.917 bits per heavy atom. The van der Waals surface area contributed by atoms with Gasteiger partial charge in [0, 0.05) is 12.6 Å². The summed E-state index contributed by atoms with van der Waals surface area (Å²) < 4.78 is 65.8. The summed E-state index contributed by atoms with van der Waals surface area (Å²) in [5.74, 6) is -4.20. The average Bonchev–Trinajstić information content (AvgIpc) is 2.44. The van der Waals surface area contributed by atoms with Crippen LogP contribution in [0.2, 0.25) is 0 Å². The normalized spacial score (nSPS) is 15.0. The standard InChI is InChI=1S/C16H15F5N2O/c1-14(15(2,17)18,16(19,20)21)23-13(24)22-12-8-7-10-5-3-4-6-11(10)9-12/h3-9H,1-2H3,(H2,22,23,24). The van der Waals surface area contributed by atoms with Crippen molar-refractivity contribution in [2.24, 2.45) is 0 Å². The van der Waals surface area contributed by atoms with Crippen molar-refractivity contribution in [1.29, 1.82) is 0 Å². The lowest BCUT2D eigenvalue weighted by atomic mass is 9.94. The number of amides is 2. The number of benzene rings is 2. The first kappa shape index (κ1) is 18.0. The summed E-state index contributed by atoms with van der Waals surface area (Å²) in [5.41, 5.74) is -3.50. The van der Waals surface area contributed by atoms with Crippen molar-refractivity contribution in [2.45, 2.75) is 31.5 Å². The fourth-order valence-corrected chi connectivity index (χ4v) is 2.09. The Morgan fingerprint density at radius 3 is 2.04 bits per heavy atom. The van der Waals surface area contributed by atoms with Gasteiger partial charge in [0.25, 0.3) is 5.92 Å². The maximum absolute atomic E-state index is 13.4. The highest BCUT2D eigenvalue weighted by molar-refractivity contribution is 5.93. The zero-order valence-corrected chi connectivity index (χ0v) is 12.8. The number of fused-ring (bicyclic) bond motifs is 1. The predicted octanol–water partition coefficient (Wildman–Crippen LogP) is 4.94. The van der Waals surface area contributed by atoms with Crippen LogP contribution < -0.4 is 10.6 Å². The molecule has 0 aliphatic carbocycles. The minimum absolute atomic E-state index is 0.108. The number of hydrogen-bond acceptors (Lipinski definition) is 1. The fraction of sp³-hybridized carbons (Fsp3) is 0.312. The van der Waals surface area contributed by atoms with Crippen molar-refractivity contribution >= 4 is 22.5 Å². The molecule has 130 valence electrons. The van der Waals surface area contributed by atoms with Crippen LogP contribution in [0.15, 0.2) is 42.5 Å². The van der Waals surface area contributed by atoms with E-state index in [1.807, 2.05) is 6.07 Å². The third kappa shape index (κ3) is 3.42. The van der Waals surface area contributed by atoms with Crippen molar-refractivity contribution in [3.8, 4) is 0 Å². The highest BCUT2D eigenvalue weighted by Crippen LogP contribution is 2.41. The highest BCUT2D eigenvalue weighted by atomic mass is 19.4. The molecule has 24 heavy (non-hydrogen) atoms. The van der Waals surface area contributed by atoms with E-state index in [4.69, 9.17) is 0 Å². The van der Waals surface area contributed by atoms with Crippen molar-refractivity contribution in [3.63, 3.8) is 0 Å². The number of halogens is 5. The number of hydrogen-bond donors (Lipinski definition) is 2. The van der Waals surface area contributed by atoms with Gasteiger partial charge in [0.05, 0.1) is 0 Å². The molecule has 0 aliphatic heterocycles. The van der Waals surface area contributed by atoms with Crippen LogP contribution in [-0.4, -0.2) is 23.7 Å². The van der Waals surface area contributed by atoms with Gasteiger partial charge in [-0.25, -0.2) is 13.6 Å². The molecule has 0 bridgehead atoms. The summed E-state index contributed by atoms with van der Waals surface area (Å²) >= 11 is 0. The molecule has 2 aromatic rings. The summed E-state index contributed by atoms with van der Waals surface area (Å²) in [4.78, 5) is 11.8. The van der Waals surface area contributed by atoms with Crippen LogP contribution >= 0.6 is 0 Å². The third-order valence-corrected chi connectivity index (χ3v) is 3.82. The molecule has 0 spiro atoms. The first-order valence-corrected chi connectivity index (χ1v) is 6.96. The Hall–Kier alpha value is -2.38. The predicted molar refractivity (Wildman–Crippen MR) is 81.2 cm³/mol. The van der Waals surface area contributed by atoms with Gasteiger partial charge in [-0.3, -0.25) is 0 Å². The van der Waals surface area contributed by atoms with E-state index in [9.17, 15) is 26.7 Å². The number of anilines is 1. The van der Waals surface area contributed by atoms with Gasteiger partial charge < -0.3 is 10.6 Å². The zero-order valence-electron chi connectivity index (χ0n) is 12.8. The van der Waals surface area contributed by atoms with E-state index in [0.29, 0.717) is 0 Å². The topological polar surface area (TPSA) is 41.1 Å². The van der Waals surface area contributed by atoms with Crippen molar-refractivity contribution < 1.29 is 26.7 Å². The Labute approximate surface area is 134 Å². The number of rotatable bonds is 3. The molecular weight excluding hydrogens is 331 g/mol. The molecule has 0 saturated carbocycles. The largest absolute Gasteiger partial charge is 0.417 e. The molecule has 2 rings (SSSR count). The first-order valence-electron chi connectivity index (χ1n) is 6.96. The van der Waals surface area contributed by atoms with Gasteiger partial charge >= 0.3 is 12.2 Å². The van der Waals surface area contributed by atoms with Crippen LogP contribution in [0.4, 0.5) is 32.4 Å². The van der Waals surface area contributed by atoms with Crippen molar-refractivity contribution in [2.75, 3.05) is 5.32 Å². The van der Waals surface area contributed by atoms with E-state index in [1.54, 1.807) is 24.3 Å². The van der Waals surface area contributed by atoms with Gasteiger partial charge in [-0.05, 0) is 29.8 Å². The van der Waals surface area contributed by atoms with Gasteiger partial charge in [0.15, 0.2) is 5.54 Å². The molecule has 2 N–H and O–H groups in total. The van der Waals surface area contributed by atoms with E-state index in [1.165, 1.54) is 17.4 Å². The summed E-state index contributed by atoms with van der Waals surface area (Å²) in [6.45, 7) is 0.351. The van der Waals surface area contributed by atoms with E-state index >= 15 is 0 Å². The molecule has 0 aromatic heterocycles. The van der Waals surface area contributed by atoms with E-state index < -0.39 is 23.7 Å². The molecule has 0 heterocycles. The van der Waals surface area contributed by atoms with Crippen molar-refractivity contribution in [3.05, 3.63) is 42.5 Å². The zero-order chi connectivity index (χ0) is 18.2. The van der Waals surface area contributed by atoms with Crippen LogP contribution in [-0.2, 0) is 0 Å².